The third-order valence-electron chi connectivity index (χ3n) is 3.21. The van der Waals surface area contributed by atoms with Gasteiger partial charge in [-0.15, -0.1) is 0 Å². The van der Waals surface area contributed by atoms with Gasteiger partial charge in [0.25, 0.3) is 5.91 Å². The highest BCUT2D eigenvalue weighted by atomic mass is 35.5. The number of ketones is 1. The van der Waals surface area contributed by atoms with Crippen molar-refractivity contribution in [2.45, 2.75) is 0 Å². The van der Waals surface area contributed by atoms with Gasteiger partial charge in [-0.25, -0.2) is 0 Å². The molecule has 1 amide bonds. The van der Waals surface area contributed by atoms with E-state index in [-0.39, 0.29) is 18.1 Å². The van der Waals surface area contributed by atoms with E-state index in [0.717, 1.165) is 0 Å². The Morgan fingerprint density at radius 2 is 2.04 bits per heavy atom. The predicted octanol–water partition coefficient (Wildman–Crippen LogP) is 2.82. The molecule has 0 fully saturated rings. The van der Waals surface area contributed by atoms with E-state index in [1.165, 1.54) is 0 Å². The maximum Gasteiger partial charge on any atom is 0.255 e. The van der Waals surface area contributed by atoms with Crippen LogP contribution in [0.2, 0.25) is 5.02 Å². The number of rotatable bonds is 4. The molecule has 2 aromatic rings. The Morgan fingerprint density at radius 3 is 2.78 bits per heavy atom. The van der Waals surface area contributed by atoms with Crippen LogP contribution in [0, 0.1) is 0 Å². The monoisotopic (exact) mass is 329 g/mol. The summed E-state index contributed by atoms with van der Waals surface area (Å²) < 4.78 is 10.8. The number of Topliss-reactive ketones (excluding diaryl/α,β-unsaturated/α-hetero) is 1. The molecule has 23 heavy (non-hydrogen) atoms. The van der Waals surface area contributed by atoms with Crippen LogP contribution in [0.5, 0.6) is 11.5 Å². The first kappa shape index (κ1) is 15.1. The molecule has 0 spiro atoms. The first-order valence-electron chi connectivity index (χ1n) is 6.78. The van der Waals surface area contributed by atoms with Gasteiger partial charge in [-0.3, -0.25) is 9.59 Å². The SMILES string of the molecule is NC(=O)COc1ccc2c(c1)OC(=Cc1ccccc1Cl)C2=O. The van der Waals surface area contributed by atoms with Crippen molar-refractivity contribution in [1.82, 2.24) is 0 Å². The summed E-state index contributed by atoms with van der Waals surface area (Å²) in [6, 6.07) is 11.9. The largest absolute Gasteiger partial charge is 0.484 e. The van der Waals surface area contributed by atoms with E-state index in [2.05, 4.69) is 0 Å². The van der Waals surface area contributed by atoms with Gasteiger partial charge in [0, 0.05) is 11.1 Å². The molecule has 0 unspecified atom stereocenters. The molecule has 116 valence electrons. The Hall–Kier alpha value is -2.79. The minimum Gasteiger partial charge on any atom is -0.484 e. The van der Waals surface area contributed by atoms with Crippen molar-refractivity contribution in [3.63, 3.8) is 0 Å². The maximum atomic E-state index is 12.3. The summed E-state index contributed by atoms with van der Waals surface area (Å²) in [7, 11) is 0. The molecule has 0 saturated heterocycles. The zero-order chi connectivity index (χ0) is 16.4. The van der Waals surface area contributed by atoms with Gasteiger partial charge in [0.2, 0.25) is 5.78 Å². The predicted molar refractivity (Wildman–Crippen MR) is 85.5 cm³/mol. The lowest BCUT2D eigenvalue weighted by atomic mass is 10.1. The van der Waals surface area contributed by atoms with Crippen LogP contribution in [-0.4, -0.2) is 18.3 Å². The highest BCUT2D eigenvalue weighted by molar-refractivity contribution is 6.32. The van der Waals surface area contributed by atoms with Crippen LogP contribution in [0.4, 0.5) is 0 Å². The summed E-state index contributed by atoms with van der Waals surface area (Å²) in [5.74, 6) is 0.132. The van der Waals surface area contributed by atoms with E-state index < -0.39 is 5.91 Å². The van der Waals surface area contributed by atoms with E-state index in [1.807, 2.05) is 6.07 Å². The molecule has 5 nitrogen and oxygen atoms in total. The molecule has 1 aliphatic rings. The number of ether oxygens (including phenoxy) is 2. The third-order valence-corrected chi connectivity index (χ3v) is 3.56. The second-order valence-corrected chi connectivity index (χ2v) is 5.28. The summed E-state index contributed by atoms with van der Waals surface area (Å²) >= 11 is 6.08. The number of fused-ring (bicyclic) bond motifs is 1. The number of hydrogen-bond acceptors (Lipinski definition) is 4. The number of carbonyl (C=O) groups is 2. The fourth-order valence-electron chi connectivity index (χ4n) is 2.14. The van der Waals surface area contributed by atoms with Crippen molar-refractivity contribution in [3.8, 4) is 11.5 Å². The van der Waals surface area contributed by atoms with Gasteiger partial charge in [-0.1, -0.05) is 29.8 Å². The lowest BCUT2D eigenvalue weighted by Crippen LogP contribution is -2.19. The number of benzene rings is 2. The number of hydrogen-bond donors (Lipinski definition) is 1. The van der Waals surface area contributed by atoms with Crippen LogP contribution >= 0.6 is 11.6 Å². The van der Waals surface area contributed by atoms with Gasteiger partial charge in [-0.05, 0) is 29.8 Å². The number of allylic oxidation sites excluding steroid dienone is 1. The number of primary amides is 1. The Balaban J connectivity index is 1.87. The topological polar surface area (TPSA) is 78.6 Å². The van der Waals surface area contributed by atoms with Crippen molar-refractivity contribution < 1.29 is 19.1 Å². The Labute approximate surface area is 137 Å². The van der Waals surface area contributed by atoms with Crippen LogP contribution in [-0.2, 0) is 4.79 Å². The van der Waals surface area contributed by atoms with Gasteiger partial charge in [0.1, 0.15) is 11.5 Å². The van der Waals surface area contributed by atoms with Crippen molar-refractivity contribution in [1.29, 1.82) is 0 Å². The summed E-state index contributed by atoms with van der Waals surface area (Å²) in [4.78, 5) is 23.1. The van der Waals surface area contributed by atoms with Crippen molar-refractivity contribution >= 4 is 29.4 Å². The molecule has 3 rings (SSSR count). The molecular weight excluding hydrogens is 318 g/mol. The molecule has 2 aromatic carbocycles. The minimum atomic E-state index is -0.582. The van der Waals surface area contributed by atoms with Gasteiger partial charge in [0.05, 0.1) is 5.56 Å². The maximum absolute atomic E-state index is 12.3. The lowest BCUT2D eigenvalue weighted by Gasteiger charge is -2.04. The van der Waals surface area contributed by atoms with Crippen LogP contribution in [0.1, 0.15) is 15.9 Å². The summed E-state index contributed by atoms with van der Waals surface area (Å²) in [5.41, 5.74) is 6.14. The van der Waals surface area contributed by atoms with Crippen molar-refractivity contribution in [2.24, 2.45) is 5.73 Å². The van der Waals surface area contributed by atoms with E-state index >= 15 is 0 Å². The van der Waals surface area contributed by atoms with E-state index in [9.17, 15) is 9.59 Å². The van der Waals surface area contributed by atoms with Crippen LogP contribution in [0.3, 0.4) is 0 Å². The summed E-state index contributed by atoms with van der Waals surface area (Å²) in [6.45, 7) is -0.241. The number of halogens is 1. The Bertz CT molecular complexity index is 829. The molecule has 0 atom stereocenters. The average Bonchev–Trinajstić information content (AvgIpc) is 2.83. The van der Waals surface area contributed by atoms with Crippen LogP contribution in [0.15, 0.2) is 48.2 Å². The average molecular weight is 330 g/mol. The van der Waals surface area contributed by atoms with Gasteiger partial charge < -0.3 is 15.2 Å². The third kappa shape index (κ3) is 3.19. The van der Waals surface area contributed by atoms with Crippen LogP contribution in [0.25, 0.3) is 6.08 Å². The zero-order valence-electron chi connectivity index (χ0n) is 11.9. The standard InChI is InChI=1S/C17H12ClNO4/c18-13-4-2-1-3-10(13)7-15-17(21)12-6-5-11(8-14(12)23-15)22-9-16(19)20/h1-8H,9H2,(H2,19,20). The first-order chi connectivity index (χ1) is 11.0. The Morgan fingerprint density at radius 1 is 1.26 bits per heavy atom. The zero-order valence-corrected chi connectivity index (χ0v) is 12.7. The molecule has 6 heteroatoms. The molecule has 0 bridgehead atoms. The molecule has 0 aliphatic carbocycles. The molecule has 2 N–H and O–H groups in total. The van der Waals surface area contributed by atoms with Gasteiger partial charge >= 0.3 is 0 Å². The fourth-order valence-corrected chi connectivity index (χ4v) is 2.34. The van der Waals surface area contributed by atoms with Crippen molar-refractivity contribution in [3.05, 3.63) is 64.4 Å². The van der Waals surface area contributed by atoms with Crippen LogP contribution < -0.4 is 15.2 Å². The molecule has 0 aromatic heterocycles. The summed E-state index contributed by atoms with van der Waals surface area (Å²) in [6.07, 6.45) is 1.59. The number of carbonyl (C=O) groups excluding carboxylic acids is 2. The molecular formula is C17H12ClNO4. The van der Waals surface area contributed by atoms with Gasteiger partial charge in [-0.2, -0.15) is 0 Å². The first-order valence-corrected chi connectivity index (χ1v) is 7.16. The summed E-state index contributed by atoms with van der Waals surface area (Å²) in [5, 5.41) is 0.526. The normalized spacial score (nSPS) is 14.5. The van der Waals surface area contributed by atoms with E-state index in [0.29, 0.717) is 27.6 Å². The fraction of sp³-hybridized carbons (Fsp3) is 0.0588. The minimum absolute atomic E-state index is 0.181. The smallest absolute Gasteiger partial charge is 0.255 e. The van der Waals surface area contributed by atoms with E-state index in [1.54, 1.807) is 42.5 Å². The lowest BCUT2D eigenvalue weighted by molar-refractivity contribution is -0.119. The molecule has 0 radical (unpaired) electrons. The number of nitrogens with two attached hydrogens (primary N) is 1. The molecule has 0 saturated carbocycles. The highest BCUT2D eigenvalue weighted by Gasteiger charge is 2.27. The second kappa shape index (κ2) is 6.14. The number of amides is 1. The quantitative estimate of drug-likeness (QED) is 0.875. The second-order valence-electron chi connectivity index (χ2n) is 4.87. The van der Waals surface area contributed by atoms with Crippen molar-refractivity contribution in [2.75, 3.05) is 6.61 Å². The molecule has 1 aliphatic heterocycles. The highest BCUT2D eigenvalue weighted by Crippen LogP contribution is 2.35. The Kier molecular flexibility index (Phi) is 4.04. The van der Waals surface area contributed by atoms with E-state index in [4.69, 9.17) is 26.8 Å². The van der Waals surface area contributed by atoms with Gasteiger partial charge in [0.15, 0.2) is 12.4 Å². The molecule has 1 heterocycles.